The molecule has 1 amide bonds. The molecule has 0 spiro atoms. The number of hydrogen-bond donors (Lipinski definition) is 0. The predicted octanol–water partition coefficient (Wildman–Crippen LogP) is 6.76. The van der Waals surface area contributed by atoms with E-state index in [1.807, 2.05) is 6.07 Å². The van der Waals surface area contributed by atoms with Crippen molar-refractivity contribution in [1.29, 1.82) is 0 Å². The van der Waals surface area contributed by atoms with Crippen LogP contribution in [-0.4, -0.2) is 49.8 Å². The number of piperidine rings is 1. The van der Waals surface area contributed by atoms with Crippen molar-refractivity contribution in [1.82, 2.24) is 24.4 Å². The zero-order valence-corrected chi connectivity index (χ0v) is 22.2. The lowest BCUT2D eigenvalue weighted by Crippen LogP contribution is -2.39. The van der Waals surface area contributed by atoms with Crippen LogP contribution in [0.4, 0.5) is 26.3 Å². The van der Waals surface area contributed by atoms with Crippen LogP contribution in [0.5, 0.6) is 5.75 Å². The molecule has 0 N–H and O–H groups in total. The standard InChI is InChI=1S/C27H23F6N5O2S/c28-26(29,30)23-18(15-3-4-15)10-17(11-21(23)40-27(31,32)33)20-13-41-25(36-20)16-5-8-37(9-6-16)22(39)12-38-14-35-19-2-1-7-34-24(19)38/h1-2,7,10-11,13-16H,3-6,8-9,12H2. The molecule has 1 saturated carbocycles. The highest BCUT2D eigenvalue weighted by Gasteiger charge is 2.44. The fourth-order valence-corrected chi connectivity index (χ4v) is 6.25. The largest absolute Gasteiger partial charge is 0.573 e. The van der Waals surface area contributed by atoms with E-state index in [2.05, 4.69) is 19.7 Å². The first kappa shape index (κ1) is 27.5. The Kier molecular flexibility index (Phi) is 6.91. The minimum atomic E-state index is -5.28. The van der Waals surface area contributed by atoms with Crippen LogP contribution in [0, 0.1) is 0 Å². The van der Waals surface area contributed by atoms with Crippen molar-refractivity contribution >= 4 is 28.4 Å². The number of aromatic nitrogens is 4. The molecule has 3 aromatic heterocycles. The van der Waals surface area contributed by atoms with E-state index in [9.17, 15) is 31.1 Å². The molecular weight excluding hydrogens is 572 g/mol. The topological polar surface area (TPSA) is 73.1 Å². The summed E-state index contributed by atoms with van der Waals surface area (Å²) in [4.78, 5) is 27.8. The number of halogens is 6. The molecule has 2 fully saturated rings. The Morgan fingerprint density at radius 2 is 1.78 bits per heavy atom. The van der Waals surface area contributed by atoms with E-state index < -0.39 is 29.8 Å². The Balaban J connectivity index is 1.18. The number of nitrogens with zero attached hydrogens (tertiary/aromatic N) is 5. The third kappa shape index (κ3) is 5.88. The summed E-state index contributed by atoms with van der Waals surface area (Å²) in [6.07, 6.45) is -4.87. The number of thiazole rings is 1. The summed E-state index contributed by atoms with van der Waals surface area (Å²) >= 11 is 1.30. The monoisotopic (exact) mass is 595 g/mol. The molecule has 2 aliphatic rings. The van der Waals surface area contributed by atoms with Gasteiger partial charge in [-0.25, -0.2) is 15.0 Å². The van der Waals surface area contributed by atoms with Gasteiger partial charge in [-0.15, -0.1) is 24.5 Å². The van der Waals surface area contributed by atoms with E-state index in [-0.39, 0.29) is 29.5 Å². The van der Waals surface area contributed by atoms with Crippen LogP contribution >= 0.6 is 11.3 Å². The van der Waals surface area contributed by atoms with Gasteiger partial charge in [0, 0.05) is 36.1 Å². The van der Waals surface area contributed by atoms with Gasteiger partial charge in [0.1, 0.15) is 23.4 Å². The summed E-state index contributed by atoms with van der Waals surface area (Å²) in [6.45, 7) is 1.10. The average molecular weight is 596 g/mol. The SMILES string of the molecule is O=C(Cn1cnc2cccnc21)N1CCC(c2nc(-c3cc(OC(F)(F)F)c(C(F)(F)F)c(C4CC4)c3)cs2)CC1. The molecule has 1 saturated heterocycles. The maximum atomic E-state index is 13.8. The Hall–Kier alpha value is -3.68. The molecule has 0 radical (unpaired) electrons. The van der Waals surface area contributed by atoms with E-state index in [1.54, 1.807) is 33.4 Å². The Labute approximate surface area is 233 Å². The van der Waals surface area contributed by atoms with Gasteiger partial charge < -0.3 is 14.2 Å². The van der Waals surface area contributed by atoms with Gasteiger partial charge >= 0.3 is 12.5 Å². The molecule has 1 aliphatic carbocycles. The molecule has 6 rings (SSSR count). The first-order valence-corrected chi connectivity index (χ1v) is 13.8. The molecule has 0 unspecified atom stereocenters. The molecule has 1 aliphatic heterocycles. The van der Waals surface area contributed by atoms with Crippen molar-refractivity contribution in [2.45, 2.75) is 56.6 Å². The first-order valence-electron chi connectivity index (χ1n) is 13.0. The number of hydrogen-bond acceptors (Lipinski definition) is 6. The second-order valence-electron chi connectivity index (χ2n) is 10.2. The third-order valence-electron chi connectivity index (χ3n) is 7.35. The minimum absolute atomic E-state index is 0.0109. The lowest BCUT2D eigenvalue weighted by atomic mass is 9.96. The van der Waals surface area contributed by atoms with Crippen molar-refractivity contribution in [3.05, 3.63) is 58.3 Å². The predicted molar refractivity (Wildman–Crippen MR) is 137 cm³/mol. The summed E-state index contributed by atoms with van der Waals surface area (Å²) in [5, 5.41) is 2.36. The number of pyridine rings is 1. The van der Waals surface area contributed by atoms with Gasteiger partial charge in [0.25, 0.3) is 0 Å². The normalized spacial score (nSPS) is 16.9. The van der Waals surface area contributed by atoms with Gasteiger partial charge in [-0.1, -0.05) is 0 Å². The zero-order valence-electron chi connectivity index (χ0n) is 21.4. The fraction of sp³-hybridized carbons (Fsp3) is 0.407. The van der Waals surface area contributed by atoms with Crippen molar-refractivity contribution in [2.24, 2.45) is 0 Å². The van der Waals surface area contributed by atoms with Crippen LogP contribution in [0.3, 0.4) is 0 Å². The summed E-state index contributed by atoms with van der Waals surface area (Å²) in [5.74, 6) is -1.79. The van der Waals surface area contributed by atoms with Crippen molar-refractivity contribution < 1.29 is 35.9 Å². The molecule has 14 heteroatoms. The van der Waals surface area contributed by atoms with Crippen molar-refractivity contribution in [2.75, 3.05) is 13.1 Å². The number of alkyl halides is 6. The summed E-state index contributed by atoms with van der Waals surface area (Å²) < 4.78 is 86.2. The smallest absolute Gasteiger partial charge is 0.405 e. The van der Waals surface area contributed by atoms with Gasteiger partial charge in [-0.05, 0) is 61.4 Å². The molecule has 216 valence electrons. The first-order chi connectivity index (χ1) is 19.5. The molecule has 0 bridgehead atoms. The summed E-state index contributed by atoms with van der Waals surface area (Å²) in [6, 6.07) is 5.66. The van der Waals surface area contributed by atoms with Gasteiger partial charge in [0.05, 0.1) is 17.0 Å². The quantitative estimate of drug-likeness (QED) is 0.231. The zero-order chi connectivity index (χ0) is 28.9. The lowest BCUT2D eigenvalue weighted by Gasteiger charge is -2.31. The molecule has 7 nitrogen and oxygen atoms in total. The van der Waals surface area contributed by atoms with Crippen LogP contribution < -0.4 is 4.74 Å². The highest BCUT2D eigenvalue weighted by atomic mass is 32.1. The van der Waals surface area contributed by atoms with Crippen LogP contribution in [0.15, 0.2) is 42.2 Å². The van der Waals surface area contributed by atoms with Gasteiger partial charge in [-0.2, -0.15) is 13.2 Å². The summed E-state index contributed by atoms with van der Waals surface area (Å²) in [7, 11) is 0. The average Bonchev–Trinajstić information content (AvgIpc) is 3.51. The van der Waals surface area contributed by atoms with Crippen LogP contribution in [0.2, 0.25) is 0 Å². The number of carbonyl (C=O) groups is 1. The van der Waals surface area contributed by atoms with Gasteiger partial charge in [0.15, 0.2) is 5.65 Å². The van der Waals surface area contributed by atoms with Crippen LogP contribution in [0.25, 0.3) is 22.4 Å². The maximum absolute atomic E-state index is 13.8. The number of amides is 1. The third-order valence-corrected chi connectivity index (χ3v) is 8.36. The van der Waals surface area contributed by atoms with E-state index in [0.717, 1.165) is 11.1 Å². The molecule has 4 aromatic rings. The van der Waals surface area contributed by atoms with Crippen molar-refractivity contribution in [3.63, 3.8) is 0 Å². The molecule has 0 atom stereocenters. The Morgan fingerprint density at radius 1 is 1.02 bits per heavy atom. The van der Waals surface area contributed by atoms with Crippen LogP contribution in [0.1, 0.15) is 53.7 Å². The minimum Gasteiger partial charge on any atom is -0.405 e. The number of rotatable bonds is 6. The van der Waals surface area contributed by atoms with Crippen molar-refractivity contribution in [3.8, 4) is 17.0 Å². The van der Waals surface area contributed by atoms with E-state index in [1.165, 1.54) is 17.4 Å². The number of fused-ring (bicyclic) bond motifs is 1. The number of ether oxygens (including phenoxy) is 1. The van der Waals surface area contributed by atoms with Gasteiger partial charge in [-0.3, -0.25) is 4.79 Å². The highest BCUT2D eigenvalue weighted by molar-refractivity contribution is 7.10. The van der Waals surface area contributed by atoms with E-state index in [0.29, 0.717) is 55.6 Å². The maximum Gasteiger partial charge on any atom is 0.573 e. The number of likely N-dealkylation sites (tertiary alicyclic amines) is 1. The lowest BCUT2D eigenvalue weighted by molar-refractivity contribution is -0.276. The van der Waals surface area contributed by atoms with Crippen LogP contribution in [-0.2, 0) is 17.5 Å². The summed E-state index contributed by atoms with van der Waals surface area (Å²) in [5.41, 5.74) is 0.196. The molecule has 1 aromatic carbocycles. The van der Waals surface area contributed by atoms with Gasteiger partial charge in [0.2, 0.25) is 5.91 Å². The Bertz CT molecular complexity index is 1590. The van der Waals surface area contributed by atoms with E-state index in [4.69, 9.17) is 0 Å². The Morgan fingerprint density at radius 3 is 2.46 bits per heavy atom. The molecular formula is C27H23F6N5O2S. The second-order valence-corrected chi connectivity index (χ2v) is 11.1. The molecule has 41 heavy (non-hydrogen) atoms. The fourth-order valence-electron chi connectivity index (χ4n) is 5.25. The highest BCUT2D eigenvalue weighted by Crippen LogP contribution is 2.51. The van der Waals surface area contributed by atoms with E-state index >= 15 is 0 Å². The number of carbonyl (C=O) groups excluding carboxylic acids is 1. The number of benzene rings is 1. The molecule has 4 heterocycles. The number of imidazole rings is 1. The second kappa shape index (κ2) is 10.3.